The van der Waals surface area contributed by atoms with Gasteiger partial charge in [0.2, 0.25) is 0 Å². The summed E-state index contributed by atoms with van der Waals surface area (Å²) < 4.78 is 15.4. The van der Waals surface area contributed by atoms with E-state index in [-0.39, 0.29) is 0 Å². The van der Waals surface area contributed by atoms with Crippen molar-refractivity contribution in [3.63, 3.8) is 0 Å². The van der Waals surface area contributed by atoms with Gasteiger partial charge in [-0.05, 0) is 6.42 Å². The molecule has 1 aliphatic rings. The number of hydrogen-bond acceptors (Lipinski definition) is 7. The van der Waals surface area contributed by atoms with Crippen LogP contribution < -0.4 is 0 Å². The lowest BCUT2D eigenvalue weighted by Crippen LogP contribution is -2.60. The largest absolute Gasteiger partial charge is 0.454 e. The van der Waals surface area contributed by atoms with E-state index in [1.54, 1.807) is 0 Å². The van der Waals surface area contributed by atoms with Gasteiger partial charge in [0.15, 0.2) is 12.4 Å². The highest BCUT2D eigenvalue weighted by Gasteiger charge is 2.47. The quantitative estimate of drug-likeness (QED) is 0.430. The number of esters is 1. The first kappa shape index (κ1) is 16.3. The molecule has 0 aromatic rings. The predicted octanol–water partition coefficient (Wildman–Crippen LogP) is -0.826. The molecule has 0 aliphatic carbocycles. The third-order valence-electron chi connectivity index (χ3n) is 2.93. The summed E-state index contributed by atoms with van der Waals surface area (Å²) >= 11 is 0. The number of hydrogen-bond donors (Lipinski definition) is 3. The van der Waals surface area contributed by atoms with Crippen molar-refractivity contribution in [3.05, 3.63) is 0 Å². The molecule has 1 rings (SSSR count). The summed E-state index contributed by atoms with van der Waals surface area (Å²) in [6, 6.07) is 0. The Labute approximate surface area is 112 Å². The second-order valence-corrected chi connectivity index (χ2v) is 4.50. The first-order chi connectivity index (χ1) is 9.01. The second-order valence-electron chi connectivity index (χ2n) is 4.50. The van der Waals surface area contributed by atoms with Crippen LogP contribution in [0.4, 0.5) is 0 Å². The van der Waals surface area contributed by atoms with E-state index in [0.29, 0.717) is 6.61 Å². The Morgan fingerprint density at radius 2 is 2.00 bits per heavy atom. The van der Waals surface area contributed by atoms with Crippen LogP contribution in [0.25, 0.3) is 0 Å². The highest BCUT2D eigenvalue weighted by Crippen LogP contribution is 2.25. The van der Waals surface area contributed by atoms with E-state index < -0.39 is 43.3 Å². The van der Waals surface area contributed by atoms with Crippen LogP contribution >= 0.6 is 0 Å². The Morgan fingerprint density at radius 1 is 1.32 bits per heavy atom. The van der Waals surface area contributed by atoms with Gasteiger partial charge in [0.05, 0.1) is 6.61 Å². The minimum atomic E-state index is -1.43. The smallest absolute Gasteiger partial charge is 0.303 e. The Bertz CT molecular complexity index is 283. The number of carbonyl (C=O) groups is 1. The van der Waals surface area contributed by atoms with E-state index in [4.69, 9.17) is 19.3 Å². The Morgan fingerprint density at radius 3 is 2.53 bits per heavy atom. The average molecular weight is 278 g/mol. The Hall–Kier alpha value is -0.730. The number of aliphatic hydroxyl groups excluding tert-OH is 3. The van der Waals surface area contributed by atoms with Gasteiger partial charge in [-0.2, -0.15) is 0 Å². The second kappa shape index (κ2) is 7.76. The molecule has 0 aromatic carbocycles. The summed E-state index contributed by atoms with van der Waals surface area (Å²) in [5.74, 6) is -0.605. The lowest BCUT2D eigenvalue weighted by molar-refractivity contribution is -0.297. The summed E-state index contributed by atoms with van der Waals surface area (Å²) in [5, 5.41) is 28.9. The van der Waals surface area contributed by atoms with Crippen molar-refractivity contribution in [2.45, 2.75) is 57.4 Å². The molecule has 19 heavy (non-hydrogen) atoms. The van der Waals surface area contributed by atoms with Gasteiger partial charge in [0, 0.05) is 13.5 Å². The van der Waals surface area contributed by atoms with E-state index in [0.717, 1.165) is 12.8 Å². The predicted molar refractivity (Wildman–Crippen MR) is 64.2 cm³/mol. The summed E-state index contributed by atoms with van der Waals surface area (Å²) in [6.07, 6.45) is -3.91. The number of rotatable bonds is 6. The zero-order valence-electron chi connectivity index (χ0n) is 11.2. The normalized spacial score (nSPS) is 35.1. The SMILES string of the molecule is CCCCO[C@H]1[C@H](O)[C@@H](CO)O[C@H](O)[C@H]1OC(C)=O. The molecule has 1 aliphatic heterocycles. The van der Waals surface area contributed by atoms with Crippen LogP contribution in [0.1, 0.15) is 26.7 Å². The standard InChI is InChI=1S/C12H22O7/c1-3-4-5-17-10-9(15)8(6-13)19-12(16)11(10)18-7(2)14/h8-13,15-16H,3-6H2,1-2H3/t8-,9-,10+,11+,12+/m1/s1. The minimum absolute atomic E-state index is 0.362. The molecule has 112 valence electrons. The average Bonchev–Trinajstić information content (AvgIpc) is 2.36. The molecule has 7 heteroatoms. The maximum atomic E-state index is 11.0. The van der Waals surface area contributed by atoms with Gasteiger partial charge in [-0.1, -0.05) is 13.3 Å². The van der Waals surface area contributed by atoms with Gasteiger partial charge in [-0.15, -0.1) is 0 Å². The topological polar surface area (TPSA) is 105 Å². The van der Waals surface area contributed by atoms with Gasteiger partial charge < -0.3 is 29.5 Å². The molecule has 1 saturated heterocycles. The van der Waals surface area contributed by atoms with Crippen LogP contribution in [0, 0.1) is 0 Å². The molecule has 0 bridgehead atoms. The summed E-state index contributed by atoms with van der Waals surface area (Å²) in [7, 11) is 0. The Kier molecular flexibility index (Phi) is 6.67. The van der Waals surface area contributed by atoms with Crippen LogP contribution in [-0.2, 0) is 19.0 Å². The third kappa shape index (κ3) is 4.39. The molecular formula is C12H22O7. The van der Waals surface area contributed by atoms with E-state index in [9.17, 15) is 15.0 Å². The van der Waals surface area contributed by atoms with Crippen LogP contribution in [0.5, 0.6) is 0 Å². The van der Waals surface area contributed by atoms with Crippen molar-refractivity contribution in [1.29, 1.82) is 0 Å². The molecule has 0 radical (unpaired) electrons. The van der Waals surface area contributed by atoms with Gasteiger partial charge in [-0.3, -0.25) is 4.79 Å². The van der Waals surface area contributed by atoms with E-state index in [1.807, 2.05) is 6.92 Å². The lowest BCUT2D eigenvalue weighted by Gasteiger charge is -2.41. The van der Waals surface area contributed by atoms with Crippen LogP contribution in [0.3, 0.4) is 0 Å². The molecule has 0 amide bonds. The fraction of sp³-hybridized carbons (Fsp3) is 0.917. The molecule has 0 spiro atoms. The maximum absolute atomic E-state index is 11.0. The lowest BCUT2D eigenvalue weighted by atomic mass is 9.99. The molecular weight excluding hydrogens is 256 g/mol. The van der Waals surface area contributed by atoms with Crippen molar-refractivity contribution in [2.75, 3.05) is 13.2 Å². The molecule has 5 atom stereocenters. The number of ether oxygens (including phenoxy) is 3. The highest BCUT2D eigenvalue weighted by atomic mass is 16.7. The van der Waals surface area contributed by atoms with E-state index in [1.165, 1.54) is 6.92 Å². The van der Waals surface area contributed by atoms with Gasteiger partial charge in [0.25, 0.3) is 0 Å². The van der Waals surface area contributed by atoms with Crippen molar-refractivity contribution in [1.82, 2.24) is 0 Å². The zero-order chi connectivity index (χ0) is 14.4. The van der Waals surface area contributed by atoms with Gasteiger partial charge in [0.1, 0.15) is 18.3 Å². The van der Waals surface area contributed by atoms with Gasteiger partial charge >= 0.3 is 5.97 Å². The summed E-state index contributed by atoms with van der Waals surface area (Å²) in [6.45, 7) is 3.08. The molecule has 1 heterocycles. The van der Waals surface area contributed by atoms with E-state index in [2.05, 4.69) is 0 Å². The first-order valence-electron chi connectivity index (χ1n) is 6.42. The maximum Gasteiger partial charge on any atom is 0.303 e. The van der Waals surface area contributed by atoms with Crippen LogP contribution in [0.15, 0.2) is 0 Å². The number of aliphatic hydroxyl groups is 3. The molecule has 0 aromatic heterocycles. The highest BCUT2D eigenvalue weighted by molar-refractivity contribution is 5.66. The third-order valence-corrected chi connectivity index (χ3v) is 2.93. The van der Waals surface area contributed by atoms with Crippen molar-refractivity contribution in [2.24, 2.45) is 0 Å². The Balaban J connectivity index is 2.74. The van der Waals surface area contributed by atoms with Crippen molar-refractivity contribution >= 4 is 5.97 Å². The fourth-order valence-corrected chi connectivity index (χ4v) is 1.93. The minimum Gasteiger partial charge on any atom is -0.454 e. The van der Waals surface area contributed by atoms with E-state index >= 15 is 0 Å². The molecule has 0 saturated carbocycles. The van der Waals surface area contributed by atoms with Crippen molar-refractivity contribution < 1.29 is 34.3 Å². The van der Waals surface area contributed by atoms with Gasteiger partial charge in [-0.25, -0.2) is 0 Å². The summed E-state index contributed by atoms with van der Waals surface area (Å²) in [5.41, 5.74) is 0. The van der Waals surface area contributed by atoms with Crippen molar-refractivity contribution in [3.8, 4) is 0 Å². The zero-order valence-corrected chi connectivity index (χ0v) is 11.2. The number of unbranched alkanes of at least 4 members (excludes halogenated alkanes) is 1. The monoisotopic (exact) mass is 278 g/mol. The molecule has 1 fully saturated rings. The molecule has 3 N–H and O–H groups in total. The fourth-order valence-electron chi connectivity index (χ4n) is 1.93. The van der Waals surface area contributed by atoms with Crippen LogP contribution in [-0.4, -0.2) is 65.2 Å². The molecule has 7 nitrogen and oxygen atoms in total. The number of carbonyl (C=O) groups excluding carboxylic acids is 1. The molecule has 0 unspecified atom stereocenters. The van der Waals surface area contributed by atoms with Crippen LogP contribution in [0.2, 0.25) is 0 Å². The summed E-state index contributed by atoms with van der Waals surface area (Å²) in [4.78, 5) is 11.0. The first-order valence-corrected chi connectivity index (χ1v) is 6.42.